The number of nitrogens with zero attached hydrogens (tertiary/aromatic N) is 3. The van der Waals surface area contributed by atoms with Crippen molar-refractivity contribution in [1.29, 1.82) is 0 Å². The highest BCUT2D eigenvalue weighted by molar-refractivity contribution is 5.88. The Balaban J connectivity index is 1.62. The molecule has 2 aromatic carbocycles. The molecule has 6 rings (SSSR count). The number of benzene rings is 2. The molecule has 3 nitrogen and oxygen atoms in total. The van der Waals surface area contributed by atoms with Crippen LogP contribution in [0.1, 0.15) is 17.9 Å². The van der Waals surface area contributed by atoms with Gasteiger partial charge in [-0.1, -0.05) is 36.4 Å². The Morgan fingerprint density at radius 1 is 0.792 bits per heavy atom. The first-order valence-electron chi connectivity index (χ1n) is 8.61. The van der Waals surface area contributed by atoms with Gasteiger partial charge >= 0.3 is 0 Å². The average molecular weight is 311 g/mol. The Labute approximate surface area is 141 Å². The third-order valence-corrected chi connectivity index (χ3v) is 5.64. The van der Waals surface area contributed by atoms with Crippen molar-refractivity contribution in [3.8, 4) is 0 Å². The van der Waals surface area contributed by atoms with Crippen LogP contribution in [0.5, 0.6) is 0 Å². The van der Waals surface area contributed by atoms with Crippen molar-refractivity contribution < 1.29 is 0 Å². The fourth-order valence-corrected chi connectivity index (χ4v) is 4.59. The summed E-state index contributed by atoms with van der Waals surface area (Å²) < 4.78 is 0. The topological polar surface area (TPSA) is 19.4 Å². The van der Waals surface area contributed by atoms with E-state index in [1.807, 2.05) is 12.3 Å². The normalized spacial score (nSPS) is 25.6. The quantitative estimate of drug-likeness (QED) is 0.642. The van der Waals surface area contributed by atoms with Gasteiger partial charge in [0.25, 0.3) is 0 Å². The Bertz CT molecular complexity index is 937. The second kappa shape index (κ2) is 4.38. The Morgan fingerprint density at radius 2 is 1.58 bits per heavy atom. The molecule has 0 amide bonds. The van der Waals surface area contributed by atoms with Crippen LogP contribution in [-0.2, 0) is 0 Å². The molecule has 2 aliphatic heterocycles. The lowest BCUT2D eigenvalue weighted by Crippen LogP contribution is -2.42. The number of hydrogen-bond acceptors (Lipinski definition) is 3. The second-order valence-corrected chi connectivity index (χ2v) is 6.90. The molecule has 24 heavy (non-hydrogen) atoms. The molecule has 1 fully saturated rings. The van der Waals surface area contributed by atoms with Crippen LogP contribution in [0.15, 0.2) is 72.9 Å². The predicted octanol–water partition coefficient (Wildman–Crippen LogP) is 4.81. The van der Waals surface area contributed by atoms with Crippen molar-refractivity contribution >= 4 is 22.9 Å². The number of fused-ring (bicyclic) bond motifs is 8. The molecule has 0 bridgehead atoms. The number of hydrogen-bond donors (Lipinski definition) is 0. The molecule has 3 aromatic rings. The van der Waals surface area contributed by atoms with Crippen molar-refractivity contribution in [2.75, 3.05) is 9.80 Å². The van der Waals surface area contributed by atoms with E-state index >= 15 is 0 Å². The van der Waals surface area contributed by atoms with Crippen LogP contribution in [0.4, 0.5) is 22.9 Å². The van der Waals surface area contributed by atoms with E-state index in [0.717, 1.165) is 5.82 Å². The van der Waals surface area contributed by atoms with E-state index in [2.05, 4.69) is 70.5 Å². The van der Waals surface area contributed by atoms with Gasteiger partial charge < -0.3 is 9.80 Å². The zero-order chi connectivity index (χ0) is 15.7. The van der Waals surface area contributed by atoms with E-state index in [1.165, 1.54) is 29.0 Å². The molecule has 0 spiro atoms. The van der Waals surface area contributed by atoms with E-state index in [1.54, 1.807) is 0 Å². The third kappa shape index (κ3) is 1.49. The first kappa shape index (κ1) is 12.6. The van der Waals surface area contributed by atoms with Gasteiger partial charge in [0.1, 0.15) is 6.17 Å². The smallest absolute Gasteiger partial charge is 0.158 e. The Hall–Kier alpha value is -2.81. The van der Waals surface area contributed by atoms with Gasteiger partial charge in [-0.3, -0.25) is 0 Å². The minimum Gasteiger partial charge on any atom is -0.317 e. The fourth-order valence-electron chi connectivity index (χ4n) is 4.59. The Morgan fingerprint density at radius 3 is 2.50 bits per heavy atom. The molecule has 3 aliphatic rings. The molecule has 0 N–H and O–H groups in total. The van der Waals surface area contributed by atoms with E-state index in [4.69, 9.17) is 4.98 Å². The van der Waals surface area contributed by atoms with Gasteiger partial charge in [0.2, 0.25) is 0 Å². The number of pyridine rings is 1. The summed E-state index contributed by atoms with van der Waals surface area (Å²) in [5.41, 5.74) is 5.30. The summed E-state index contributed by atoms with van der Waals surface area (Å²) in [7, 11) is 0. The number of aromatic nitrogens is 1. The predicted molar refractivity (Wildman–Crippen MR) is 96.0 cm³/mol. The highest BCUT2D eigenvalue weighted by atomic mass is 15.5. The average Bonchev–Trinajstić information content (AvgIpc) is 3.38. The van der Waals surface area contributed by atoms with Gasteiger partial charge in [0.15, 0.2) is 5.82 Å². The molecular formula is C21H17N3. The molecule has 0 saturated heterocycles. The van der Waals surface area contributed by atoms with Crippen molar-refractivity contribution in [2.45, 2.75) is 18.5 Å². The van der Waals surface area contributed by atoms with E-state index in [-0.39, 0.29) is 0 Å². The van der Waals surface area contributed by atoms with Crippen LogP contribution in [0.25, 0.3) is 0 Å². The van der Waals surface area contributed by atoms with E-state index < -0.39 is 0 Å². The highest BCUT2D eigenvalue weighted by Gasteiger charge is 2.57. The Kier molecular flexibility index (Phi) is 2.30. The summed E-state index contributed by atoms with van der Waals surface area (Å²) in [5, 5.41) is 0. The summed E-state index contributed by atoms with van der Waals surface area (Å²) in [6.07, 6.45) is 3.53. The third-order valence-electron chi connectivity index (χ3n) is 5.64. The van der Waals surface area contributed by atoms with Gasteiger partial charge in [-0.05, 0) is 48.2 Å². The van der Waals surface area contributed by atoms with Crippen LogP contribution in [0, 0.1) is 5.92 Å². The lowest BCUT2D eigenvalue weighted by atomic mass is 9.99. The first-order chi connectivity index (χ1) is 11.9. The molecule has 1 saturated carbocycles. The molecule has 3 heteroatoms. The van der Waals surface area contributed by atoms with E-state index in [9.17, 15) is 0 Å². The molecular weight excluding hydrogens is 294 g/mol. The van der Waals surface area contributed by atoms with Crippen LogP contribution in [0.3, 0.4) is 0 Å². The van der Waals surface area contributed by atoms with Crippen LogP contribution >= 0.6 is 0 Å². The molecule has 116 valence electrons. The zero-order valence-electron chi connectivity index (χ0n) is 13.2. The van der Waals surface area contributed by atoms with Gasteiger partial charge in [-0.15, -0.1) is 0 Å². The van der Waals surface area contributed by atoms with Crippen LogP contribution < -0.4 is 9.80 Å². The molecule has 0 radical (unpaired) electrons. The number of para-hydroxylation sites is 2. The van der Waals surface area contributed by atoms with Gasteiger partial charge in [0, 0.05) is 23.5 Å². The molecule has 3 unspecified atom stereocenters. The molecule has 1 aromatic heterocycles. The zero-order valence-corrected chi connectivity index (χ0v) is 13.2. The lowest BCUT2D eigenvalue weighted by Gasteiger charge is -2.37. The minimum atomic E-state index is 0.345. The maximum atomic E-state index is 4.76. The second-order valence-electron chi connectivity index (χ2n) is 6.90. The standard InChI is InChI=1S/C21H17N3/c1-2-7-14(8-3-1)23-19-11-6-12-22-20(19)24-18-10-5-4-9-15(18)16-13-17(16)21(23)24/h1-12,16-17,21H,13H2. The maximum Gasteiger partial charge on any atom is 0.158 e. The largest absolute Gasteiger partial charge is 0.317 e. The van der Waals surface area contributed by atoms with Crippen molar-refractivity contribution in [2.24, 2.45) is 5.92 Å². The molecule has 3 heterocycles. The van der Waals surface area contributed by atoms with Gasteiger partial charge in [-0.2, -0.15) is 0 Å². The van der Waals surface area contributed by atoms with Crippen LogP contribution in [0.2, 0.25) is 0 Å². The first-order valence-corrected chi connectivity index (χ1v) is 8.61. The summed E-state index contributed by atoms with van der Waals surface area (Å²) in [6, 6.07) is 23.8. The maximum absolute atomic E-state index is 4.76. The van der Waals surface area contributed by atoms with E-state index in [0.29, 0.717) is 18.0 Å². The summed E-state index contributed by atoms with van der Waals surface area (Å²) in [4.78, 5) is 9.71. The number of anilines is 4. The van der Waals surface area contributed by atoms with Crippen LogP contribution in [-0.4, -0.2) is 11.1 Å². The fraction of sp³-hybridized carbons (Fsp3) is 0.190. The lowest BCUT2D eigenvalue weighted by molar-refractivity contribution is 0.576. The minimum absolute atomic E-state index is 0.345. The van der Waals surface area contributed by atoms with Crippen molar-refractivity contribution in [3.63, 3.8) is 0 Å². The van der Waals surface area contributed by atoms with Crippen molar-refractivity contribution in [1.82, 2.24) is 4.98 Å². The van der Waals surface area contributed by atoms with Gasteiger partial charge in [0.05, 0.1) is 5.69 Å². The van der Waals surface area contributed by atoms with Crippen molar-refractivity contribution in [3.05, 3.63) is 78.5 Å². The molecule has 1 aliphatic carbocycles. The summed E-state index contributed by atoms with van der Waals surface area (Å²) in [5.74, 6) is 2.46. The highest BCUT2D eigenvalue weighted by Crippen LogP contribution is 2.64. The summed E-state index contributed by atoms with van der Waals surface area (Å²) >= 11 is 0. The number of rotatable bonds is 1. The summed E-state index contributed by atoms with van der Waals surface area (Å²) in [6.45, 7) is 0. The van der Waals surface area contributed by atoms with Gasteiger partial charge in [-0.25, -0.2) is 4.98 Å². The monoisotopic (exact) mass is 311 g/mol. The molecule has 3 atom stereocenters. The SMILES string of the molecule is c1ccc(N2c3cccnc3N3c4ccccc4C4CC4C23)cc1.